The number of anilines is 1. The molecule has 1 unspecified atom stereocenters. The Morgan fingerprint density at radius 3 is 2.69 bits per heavy atom. The number of Topliss-reactive ketones (excluding diaryl/α,β-unsaturated/α-hetero) is 1. The Balaban J connectivity index is 1.66. The van der Waals surface area contributed by atoms with E-state index in [1.807, 2.05) is 11.9 Å². The number of carbonyl (C=O) groups is 2. The maximum absolute atomic E-state index is 13.3. The van der Waals surface area contributed by atoms with Gasteiger partial charge in [0.15, 0.2) is 0 Å². The van der Waals surface area contributed by atoms with E-state index in [0.29, 0.717) is 40.7 Å². The van der Waals surface area contributed by atoms with Crippen molar-refractivity contribution in [2.75, 3.05) is 25.1 Å². The second-order valence-corrected chi connectivity index (χ2v) is 9.19. The highest BCUT2D eigenvalue weighted by atomic mass is 35.5. The largest absolute Gasteiger partial charge is 0.507 e. The molecule has 35 heavy (non-hydrogen) atoms. The van der Waals surface area contributed by atoms with Gasteiger partial charge in [0.25, 0.3) is 11.7 Å². The topological polar surface area (TPSA) is 83.0 Å². The van der Waals surface area contributed by atoms with Gasteiger partial charge in [-0.15, -0.1) is 0 Å². The lowest BCUT2D eigenvalue weighted by atomic mass is 9.95. The van der Waals surface area contributed by atoms with E-state index in [2.05, 4.69) is 4.98 Å². The first-order chi connectivity index (χ1) is 16.8. The lowest BCUT2D eigenvalue weighted by molar-refractivity contribution is -0.140. The van der Waals surface area contributed by atoms with Crippen LogP contribution in [0.5, 0.6) is 5.75 Å². The summed E-state index contributed by atoms with van der Waals surface area (Å²) in [4.78, 5) is 34.2. The van der Waals surface area contributed by atoms with Gasteiger partial charge in [-0.05, 0) is 48.0 Å². The molecular weight excluding hydrogens is 489 g/mol. The highest BCUT2D eigenvalue weighted by Crippen LogP contribution is 2.42. The zero-order valence-corrected chi connectivity index (χ0v) is 20.3. The van der Waals surface area contributed by atoms with Crippen LogP contribution in [0.1, 0.15) is 22.9 Å². The molecule has 1 fully saturated rings. The number of aromatic nitrogens is 1. The molecule has 1 saturated heterocycles. The third-order valence-electron chi connectivity index (χ3n) is 6.19. The fourth-order valence-corrected chi connectivity index (χ4v) is 4.70. The number of pyridine rings is 1. The Hall–Kier alpha value is -3.55. The first-order valence-electron chi connectivity index (χ1n) is 11.0. The first kappa shape index (κ1) is 23.2. The number of carbonyl (C=O) groups excluding carboxylic acids is 2. The SMILES string of the molecule is CN1CCOc2ccc(/C(O)=C3/C(=O)C(=O)N(Cc4ccccn4)C3c3ccc(Cl)c(Cl)c3)cc21. The third kappa shape index (κ3) is 4.22. The molecule has 1 atom stereocenters. The van der Waals surface area contributed by atoms with E-state index in [-0.39, 0.29) is 22.9 Å². The molecule has 0 radical (unpaired) electrons. The third-order valence-corrected chi connectivity index (χ3v) is 6.92. The zero-order chi connectivity index (χ0) is 24.7. The molecule has 2 aromatic carbocycles. The summed E-state index contributed by atoms with van der Waals surface area (Å²) in [6, 6.07) is 14.5. The smallest absolute Gasteiger partial charge is 0.296 e. The van der Waals surface area contributed by atoms with Gasteiger partial charge in [0.2, 0.25) is 0 Å². The van der Waals surface area contributed by atoms with Crippen molar-refractivity contribution in [3.63, 3.8) is 0 Å². The van der Waals surface area contributed by atoms with Gasteiger partial charge in [0.1, 0.15) is 18.1 Å². The van der Waals surface area contributed by atoms with Crippen LogP contribution in [0.3, 0.4) is 0 Å². The normalized spacial score (nSPS) is 19.0. The summed E-state index contributed by atoms with van der Waals surface area (Å²) in [5.41, 5.74) is 2.32. The summed E-state index contributed by atoms with van der Waals surface area (Å²) in [5, 5.41) is 12.0. The lowest BCUT2D eigenvalue weighted by Gasteiger charge is -2.28. The molecular formula is C26H21Cl2N3O4. The molecule has 0 aliphatic carbocycles. The van der Waals surface area contributed by atoms with E-state index in [4.69, 9.17) is 27.9 Å². The molecule has 1 N–H and O–H groups in total. The van der Waals surface area contributed by atoms with Crippen molar-refractivity contribution in [2.24, 2.45) is 0 Å². The standard InChI is InChI=1S/C26H21Cl2N3O4/c1-30-10-11-35-21-8-6-16(13-20(21)30)24(32)22-23(15-5-7-18(27)19(28)12-15)31(26(34)25(22)33)14-17-4-2-3-9-29-17/h2-9,12-13,23,32H,10-11,14H2,1H3/b24-22-. The number of hydrogen-bond donors (Lipinski definition) is 1. The van der Waals surface area contributed by atoms with Crippen LogP contribution in [0.2, 0.25) is 10.0 Å². The van der Waals surface area contributed by atoms with E-state index < -0.39 is 17.7 Å². The molecule has 9 heteroatoms. The molecule has 0 saturated carbocycles. The Bertz CT molecular complexity index is 1360. The average molecular weight is 510 g/mol. The number of benzene rings is 2. The second-order valence-electron chi connectivity index (χ2n) is 8.37. The number of nitrogens with zero attached hydrogens (tertiary/aromatic N) is 3. The van der Waals surface area contributed by atoms with Gasteiger partial charge in [-0.1, -0.05) is 35.3 Å². The number of hydrogen-bond acceptors (Lipinski definition) is 6. The maximum Gasteiger partial charge on any atom is 0.296 e. The minimum atomic E-state index is -0.878. The zero-order valence-electron chi connectivity index (χ0n) is 18.7. The highest BCUT2D eigenvalue weighted by Gasteiger charge is 2.46. The molecule has 3 heterocycles. The van der Waals surface area contributed by atoms with Gasteiger partial charge in [-0.25, -0.2) is 0 Å². The van der Waals surface area contributed by atoms with Crippen LogP contribution in [-0.2, 0) is 16.1 Å². The van der Waals surface area contributed by atoms with E-state index in [9.17, 15) is 14.7 Å². The summed E-state index contributed by atoms with van der Waals surface area (Å²) in [6.45, 7) is 1.33. The van der Waals surface area contributed by atoms with Gasteiger partial charge >= 0.3 is 0 Å². The number of rotatable bonds is 4. The van der Waals surface area contributed by atoms with Gasteiger partial charge in [-0.3, -0.25) is 14.6 Å². The Morgan fingerprint density at radius 2 is 1.94 bits per heavy atom. The molecule has 178 valence electrons. The number of likely N-dealkylation sites (tertiary alicyclic amines) is 1. The van der Waals surface area contributed by atoms with Crippen molar-refractivity contribution >= 4 is 46.3 Å². The van der Waals surface area contributed by atoms with Crippen molar-refractivity contribution < 1.29 is 19.4 Å². The van der Waals surface area contributed by atoms with Crippen LogP contribution in [0.15, 0.2) is 66.4 Å². The van der Waals surface area contributed by atoms with Gasteiger partial charge in [-0.2, -0.15) is 0 Å². The van der Waals surface area contributed by atoms with Crippen molar-refractivity contribution in [1.29, 1.82) is 0 Å². The second kappa shape index (κ2) is 9.24. The predicted molar refractivity (Wildman–Crippen MR) is 134 cm³/mol. The van der Waals surface area contributed by atoms with E-state index in [0.717, 1.165) is 5.69 Å². The molecule has 3 aromatic rings. The van der Waals surface area contributed by atoms with Crippen LogP contribution in [0.25, 0.3) is 5.76 Å². The van der Waals surface area contributed by atoms with Crippen molar-refractivity contribution in [3.05, 3.63) is 93.2 Å². The maximum atomic E-state index is 13.3. The van der Waals surface area contributed by atoms with Crippen molar-refractivity contribution in [2.45, 2.75) is 12.6 Å². The fourth-order valence-electron chi connectivity index (χ4n) is 4.39. The van der Waals surface area contributed by atoms with Gasteiger partial charge in [0.05, 0.1) is 46.1 Å². The number of aliphatic hydroxyl groups is 1. The van der Waals surface area contributed by atoms with E-state index in [1.54, 1.807) is 60.8 Å². The highest BCUT2D eigenvalue weighted by molar-refractivity contribution is 6.46. The molecule has 7 nitrogen and oxygen atoms in total. The molecule has 1 aromatic heterocycles. The molecule has 2 aliphatic heterocycles. The number of amides is 1. The summed E-state index contributed by atoms with van der Waals surface area (Å²) in [5.74, 6) is -1.10. The van der Waals surface area contributed by atoms with Gasteiger partial charge in [0, 0.05) is 18.8 Å². The summed E-state index contributed by atoms with van der Waals surface area (Å²) in [7, 11) is 1.92. The summed E-state index contributed by atoms with van der Waals surface area (Å²) < 4.78 is 5.69. The van der Waals surface area contributed by atoms with E-state index in [1.165, 1.54) is 4.90 Å². The minimum Gasteiger partial charge on any atom is -0.507 e. The van der Waals surface area contributed by atoms with Gasteiger partial charge < -0.3 is 19.6 Å². The number of ketones is 1. The van der Waals surface area contributed by atoms with Crippen molar-refractivity contribution in [1.82, 2.24) is 9.88 Å². The van der Waals surface area contributed by atoms with Crippen LogP contribution in [-0.4, -0.2) is 46.9 Å². The molecule has 0 spiro atoms. The molecule has 0 bridgehead atoms. The first-order valence-corrected chi connectivity index (χ1v) is 11.7. The monoisotopic (exact) mass is 509 g/mol. The average Bonchev–Trinajstić information content (AvgIpc) is 3.11. The van der Waals surface area contributed by atoms with Crippen LogP contribution < -0.4 is 9.64 Å². The van der Waals surface area contributed by atoms with Crippen LogP contribution in [0.4, 0.5) is 5.69 Å². The van der Waals surface area contributed by atoms with Crippen LogP contribution in [0, 0.1) is 0 Å². The Labute approximate surface area is 212 Å². The number of likely N-dealkylation sites (N-methyl/N-ethyl adjacent to an activating group) is 1. The quantitative estimate of drug-likeness (QED) is 0.307. The number of ether oxygens (including phenoxy) is 1. The number of fused-ring (bicyclic) bond motifs is 1. The Kier molecular flexibility index (Phi) is 6.13. The summed E-state index contributed by atoms with van der Waals surface area (Å²) >= 11 is 12.4. The van der Waals surface area contributed by atoms with E-state index >= 15 is 0 Å². The van der Waals surface area contributed by atoms with Crippen molar-refractivity contribution in [3.8, 4) is 5.75 Å². The Morgan fingerprint density at radius 1 is 1.11 bits per heavy atom. The minimum absolute atomic E-state index is 0.0244. The van der Waals surface area contributed by atoms with Crippen LogP contribution >= 0.6 is 23.2 Å². The number of aliphatic hydroxyl groups excluding tert-OH is 1. The summed E-state index contributed by atoms with van der Waals surface area (Å²) in [6.07, 6.45) is 1.62. The number of halogens is 2. The predicted octanol–water partition coefficient (Wildman–Crippen LogP) is 4.84. The molecule has 5 rings (SSSR count). The fraction of sp³-hybridized carbons (Fsp3) is 0.192. The lowest BCUT2D eigenvalue weighted by Crippen LogP contribution is -2.29. The molecule has 2 aliphatic rings. The molecule has 1 amide bonds.